The summed E-state index contributed by atoms with van der Waals surface area (Å²) >= 11 is 0. The fourth-order valence-electron chi connectivity index (χ4n) is 6.67. The van der Waals surface area contributed by atoms with Crippen LogP contribution in [-0.4, -0.2) is 104 Å². The smallest absolute Gasteiger partial charge is 0.308 e. The monoisotopic (exact) mass is 593 g/mol. The summed E-state index contributed by atoms with van der Waals surface area (Å²) in [6.45, 7) is 5.01. The summed E-state index contributed by atoms with van der Waals surface area (Å²) in [6.07, 6.45) is 3.04. The standard InChI is InChI=1S/C33H44N4O6/c1-5-6-15-36(25-10-7-9-23(16-25)21-37(2,3)4)31(39)20-35-18-26(24-12-13-28-29(17-24)43-22-42-28)32(33(40)41)27(35)19-34-14-8-11-30(34)38/h7,9-10,12-13,16-17,26-27,32H,5-6,8,11,14-15,18-22H2,1-4H3/p+1. The minimum atomic E-state index is -0.926. The van der Waals surface area contributed by atoms with Crippen molar-refractivity contribution in [3.8, 4) is 11.5 Å². The molecule has 0 radical (unpaired) electrons. The van der Waals surface area contributed by atoms with Crippen molar-refractivity contribution in [3.63, 3.8) is 0 Å². The van der Waals surface area contributed by atoms with Gasteiger partial charge in [-0.2, -0.15) is 0 Å². The highest BCUT2D eigenvalue weighted by atomic mass is 16.7. The van der Waals surface area contributed by atoms with Crippen LogP contribution in [0.25, 0.3) is 0 Å². The zero-order valence-electron chi connectivity index (χ0n) is 25.8. The fourth-order valence-corrected chi connectivity index (χ4v) is 6.67. The topological polar surface area (TPSA) is 99.6 Å². The number of carboxylic acids is 1. The van der Waals surface area contributed by atoms with Crippen molar-refractivity contribution < 1.29 is 33.4 Å². The Kier molecular flexibility index (Phi) is 9.27. The molecule has 2 saturated heterocycles. The SMILES string of the molecule is CCCCN(C(=O)CN1CC(c2ccc3c(c2)OCO3)C(C(=O)O)C1CN1CCCC1=O)c1cccc(C[N+](C)(C)C)c1. The lowest BCUT2D eigenvalue weighted by molar-refractivity contribution is -0.884. The lowest BCUT2D eigenvalue weighted by atomic mass is 9.85. The summed E-state index contributed by atoms with van der Waals surface area (Å²) in [4.78, 5) is 45.3. The lowest BCUT2D eigenvalue weighted by Gasteiger charge is -2.32. The van der Waals surface area contributed by atoms with E-state index in [1.165, 1.54) is 0 Å². The average molecular weight is 594 g/mol. The van der Waals surface area contributed by atoms with Crippen LogP contribution in [0.1, 0.15) is 49.7 Å². The Morgan fingerprint density at radius 1 is 1.09 bits per heavy atom. The molecule has 2 aromatic rings. The van der Waals surface area contributed by atoms with Crippen molar-refractivity contribution in [2.24, 2.45) is 5.92 Å². The summed E-state index contributed by atoms with van der Waals surface area (Å²) in [7, 11) is 6.42. The van der Waals surface area contributed by atoms with Crippen molar-refractivity contribution in [2.75, 3.05) is 65.6 Å². The Bertz CT molecular complexity index is 1340. The van der Waals surface area contributed by atoms with Crippen molar-refractivity contribution in [2.45, 2.75) is 51.1 Å². The van der Waals surface area contributed by atoms with Crippen molar-refractivity contribution in [3.05, 3.63) is 53.6 Å². The highest BCUT2D eigenvalue weighted by molar-refractivity contribution is 5.95. The molecular formula is C33H45N4O6+. The van der Waals surface area contributed by atoms with E-state index in [0.717, 1.165) is 47.1 Å². The van der Waals surface area contributed by atoms with Crippen LogP contribution in [0.3, 0.4) is 0 Å². The second-order valence-electron chi connectivity index (χ2n) is 13.0. The number of carboxylic acid groups (broad SMARTS) is 1. The average Bonchev–Trinajstić information content (AvgIpc) is 3.67. The number of fused-ring (bicyclic) bond motifs is 1. The number of anilines is 1. The van der Waals surface area contributed by atoms with E-state index in [2.05, 4.69) is 40.2 Å². The van der Waals surface area contributed by atoms with Gasteiger partial charge in [-0.1, -0.05) is 31.5 Å². The number of quaternary nitrogens is 1. The lowest BCUT2D eigenvalue weighted by Crippen LogP contribution is -2.49. The second kappa shape index (κ2) is 12.9. The number of aliphatic carboxylic acids is 1. The molecule has 3 atom stereocenters. The molecule has 1 N–H and O–H groups in total. The third kappa shape index (κ3) is 7.13. The number of likely N-dealkylation sites (tertiary alicyclic amines) is 2. The van der Waals surface area contributed by atoms with E-state index in [4.69, 9.17) is 9.47 Å². The van der Waals surface area contributed by atoms with Crippen LogP contribution < -0.4 is 14.4 Å². The van der Waals surface area contributed by atoms with Crippen molar-refractivity contribution in [1.29, 1.82) is 0 Å². The highest BCUT2D eigenvalue weighted by Gasteiger charge is 2.48. The van der Waals surface area contributed by atoms with Crippen LogP contribution in [0.5, 0.6) is 11.5 Å². The highest BCUT2D eigenvalue weighted by Crippen LogP contribution is 2.42. The van der Waals surface area contributed by atoms with Crippen LogP contribution in [0.4, 0.5) is 5.69 Å². The largest absolute Gasteiger partial charge is 0.481 e. The van der Waals surface area contributed by atoms with E-state index in [1.807, 2.05) is 40.1 Å². The van der Waals surface area contributed by atoms with Gasteiger partial charge in [-0.3, -0.25) is 19.3 Å². The maximum atomic E-state index is 14.1. The number of amides is 2. The first-order valence-corrected chi connectivity index (χ1v) is 15.4. The number of carbonyl (C=O) groups excluding carboxylic acids is 2. The molecule has 0 spiro atoms. The van der Waals surface area contributed by atoms with E-state index in [9.17, 15) is 19.5 Å². The van der Waals surface area contributed by atoms with Crippen LogP contribution >= 0.6 is 0 Å². The third-order valence-electron chi connectivity index (χ3n) is 8.69. The van der Waals surface area contributed by atoms with E-state index in [0.29, 0.717) is 37.6 Å². The number of ether oxygens (including phenoxy) is 2. The maximum absolute atomic E-state index is 14.1. The van der Waals surface area contributed by atoms with Gasteiger partial charge in [0.25, 0.3) is 0 Å². The molecule has 2 fully saturated rings. The minimum absolute atomic E-state index is 0.0422. The molecule has 0 bridgehead atoms. The van der Waals surface area contributed by atoms with Crippen LogP contribution in [0.2, 0.25) is 0 Å². The van der Waals surface area contributed by atoms with Crippen LogP contribution in [0, 0.1) is 5.92 Å². The first-order valence-electron chi connectivity index (χ1n) is 15.4. The van der Waals surface area contributed by atoms with Gasteiger partial charge in [0, 0.05) is 55.8 Å². The predicted octanol–water partition coefficient (Wildman–Crippen LogP) is 3.55. The van der Waals surface area contributed by atoms with Crippen molar-refractivity contribution >= 4 is 23.5 Å². The van der Waals surface area contributed by atoms with Gasteiger partial charge in [0.05, 0.1) is 33.6 Å². The molecule has 3 heterocycles. The first kappa shape index (κ1) is 30.8. The number of benzene rings is 2. The summed E-state index contributed by atoms with van der Waals surface area (Å²) in [5.74, 6) is -0.881. The molecule has 3 unspecified atom stereocenters. The quantitative estimate of drug-likeness (QED) is 0.376. The minimum Gasteiger partial charge on any atom is -0.481 e. The molecular weight excluding hydrogens is 548 g/mol. The van der Waals surface area contributed by atoms with Crippen LogP contribution in [0.15, 0.2) is 42.5 Å². The Morgan fingerprint density at radius 3 is 2.58 bits per heavy atom. The summed E-state index contributed by atoms with van der Waals surface area (Å²) < 4.78 is 11.8. The zero-order valence-corrected chi connectivity index (χ0v) is 25.8. The van der Waals surface area contributed by atoms with E-state index < -0.39 is 17.9 Å². The van der Waals surface area contributed by atoms with Gasteiger partial charge >= 0.3 is 5.97 Å². The molecule has 0 aliphatic carbocycles. The molecule has 3 aliphatic rings. The van der Waals surface area contributed by atoms with Gasteiger partial charge in [-0.05, 0) is 42.7 Å². The molecule has 0 saturated carbocycles. The molecule has 3 aliphatic heterocycles. The van der Waals surface area contributed by atoms with Gasteiger partial charge < -0.3 is 28.9 Å². The first-order chi connectivity index (χ1) is 20.5. The third-order valence-corrected chi connectivity index (χ3v) is 8.69. The molecule has 2 amide bonds. The summed E-state index contributed by atoms with van der Waals surface area (Å²) in [5, 5.41) is 10.5. The molecule has 43 heavy (non-hydrogen) atoms. The molecule has 0 aromatic heterocycles. The molecule has 2 aromatic carbocycles. The summed E-state index contributed by atoms with van der Waals surface area (Å²) in [6, 6.07) is 13.2. The predicted molar refractivity (Wildman–Crippen MR) is 163 cm³/mol. The van der Waals surface area contributed by atoms with Gasteiger partial charge in [0.2, 0.25) is 18.6 Å². The van der Waals surface area contributed by atoms with Gasteiger partial charge in [-0.15, -0.1) is 0 Å². The number of hydrogen-bond donors (Lipinski definition) is 1. The molecule has 10 heteroatoms. The van der Waals surface area contributed by atoms with E-state index >= 15 is 0 Å². The fraction of sp³-hybridized carbons (Fsp3) is 0.545. The van der Waals surface area contributed by atoms with Crippen LogP contribution in [-0.2, 0) is 20.9 Å². The van der Waals surface area contributed by atoms with Gasteiger partial charge in [0.1, 0.15) is 6.54 Å². The van der Waals surface area contributed by atoms with E-state index in [-0.39, 0.29) is 37.6 Å². The molecule has 5 rings (SSSR count). The van der Waals surface area contributed by atoms with Gasteiger partial charge in [0.15, 0.2) is 11.5 Å². The Hall–Kier alpha value is -3.63. The Morgan fingerprint density at radius 2 is 1.88 bits per heavy atom. The summed E-state index contributed by atoms with van der Waals surface area (Å²) in [5.41, 5.74) is 2.84. The van der Waals surface area contributed by atoms with Gasteiger partial charge in [-0.25, -0.2) is 0 Å². The number of rotatable bonds is 12. The van der Waals surface area contributed by atoms with Crippen molar-refractivity contribution in [1.82, 2.24) is 9.80 Å². The number of carbonyl (C=O) groups is 3. The Balaban J connectivity index is 1.44. The maximum Gasteiger partial charge on any atom is 0.308 e. The Labute approximate surface area is 254 Å². The van der Waals surface area contributed by atoms with E-state index in [1.54, 1.807) is 4.90 Å². The number of nitrogens with zero attached hydrogens (tertiary/aromatic N) is 4. The molecule has 10 nitrogen and oxygen atoms in total. The number of hydrogen-bond acceptors (Lipinski definition) is 6. The molecule has 232 valence electrons. The zero-order chi connectivity index (χ0) is 30.7. The second-order valence-corrected chi connectivity index (χ2v) is 13.0. The number of unbranched alkanes of at least 4 members (excludes halogenated alkanes) is 1. The normalized spacial score (nSPS) is 21.9.